The maximum absolute atomic E-state index is 14.7. The van der Waals surface area contributed by atoms with Gasteiger partial charge < -0.3 is 25.0 Å². The van der Waals surface area contributed by atoms with Gasteiger partial charge >= 0.3 is 0 Å². The Balaban J connectivity index is 1.27. The van der Waals surface area contributed by atoms with E-state index in [0.717, 1.165) is 52.8 Å². The number of nitrogens with zero attached hydrogens (tertiary/aromatic N) is 2. The standard InChI is InChI=1S/C39H47N3O4/c1-25-19-26(2)27(3)37(20-25)46-18-16-29-9-11-31(12-10-29)35-21-33-23-41(28(4)44)24-36(40-33)38(35)39(45)42(34-13-14-34)22-32-8-6-5-7-30(32)15-17-43/h5-12,19-20,33-34,36,40,43H,13-18,21-24H2,1-4H3. The molecule has 2 unspecified atom stereocenters. The third kappa shape index (κ3) is 7.06. The number of rotatable bonds is 11. The molecule has 46 heavy (non-hydrogen) atoms. The second kappa shape index (κ2) is 13.8. The molecule has 1 aliphatic carbocycles. The molecule has 2 heterocycles. The summed E-state index contributed by atoms with van der Waals surface area (Å²) in [4.78, 5) is 31.1. The molecule has 2 amide bonds. The third-order valence-electron chi connectivity index (χ3n) is 9.88. The number of benzene rings is 3. The molecule has 3 aromatic carbocycles. The van der Waals surface area contributed by atoms with Gasteiger partial charge in [0.05, 0.1) is 12.6 Å². The number of hydrogen-bond donors (Lipinski definition) is 2. The average molecular weight is 622 g/mol. The summed E-state index contributed by atoms with van der Waals surface area (Å²) >= 11 is 0. The number of aryl methyl sites for hydroxylation is 2. The number of piperazine rings is 1. The summed E-state index contributed by atoms with van der Waals surface area (Å²) in [5.41, 5.74) is 9.92. The van der Waals surface area contributed by atoms with Crippen molar-refractivity contribution in [3.63, 3.8) is 0 Å². The fourth-order valence-corrected chi connectivity index (χ4v) is 7.09. The van der Waals surface area contributed by atoms with E-state index >= 15 is 0 Å². The van der Waals surface area contributed by atoms with Gasteiger partial charge in [-0.15, -0.1) is 0 Å². The van der Waals surface area contributed by atoms with E-state index in [4.69, 9.17) is 4.74 Å². The number of amides is 2. The Labute approximate surface area is 273 Å². The van der Waals surface area contributed by atoms with Gasteiger partial charge in [-0.1, -0.05) is 54.6 Å². The number of aliphatic hydroxyl groups is 1. The van der Waals surface area contributed by atoms with Gasteiger partial charge in [0.2, 0.25) is 5.91 Å². The molecule has 2 aliphatic heterocycles. The Kier molecular flexibility index (Phi) is 9.62. The molecule has 242 valence electrons. The van der Waals surface area contributed by atoms with Crippen LogP contribution < -0.4 is 10.1 Å². The highest BCUT2D eigenvalue weighted by Gasteiger charge is 2.43. The first-order valence-corrected chi connectivity index (χ1v) is 16.7. The van der Waals surface area contributed by atoms with Crippen LogP contribution in [0.1, 0.15) is 65.1 Å². The molecule has 2 bridgehead atoms. The van der Waals surface area contributed by atoms with Crippen LogP contribution in [0, 0.1) is 20.8 Å². The number of carbonyl (C=O) groups is 2. The number of fused-ring (bicyclic) bond motifs is 2. The minimum absolute atomic E-state index is 0.0475. The van der Waals surface area contributed by atoms with Gasteiger partial charge in [0.1, 0.15) is 5.75 Å². The van der Waals surface area contributed by atoms with E-state index in [1.807, 2.05) is 28.0 Å². The third-order valence-corrected chi connectivity index (χ3v) is 9.88. The maximum atomic E-state index is 14.7. The summed E-state index contributed by atoms with van der Waals surface area (Å²) in [5.74, 6) is 1.05. The molecule has 7 nitrogen and oxygen atoms in total. The zero-order valence-electron chi connectivity index (χ0n) is 27.6. The summed E-state index contributed by atoms with van der Waals surface area (Å²) in [6, 6.07) is 21.1. The van der Waals surface area contributed by atoms with Gasteiger partial charge in [-0.25, -0.2) is 0 Å². The lowest BCUT2D eigenvalue weighted by molar-refractivity contribution is -0.132. The minimum Gasteiger partial charge on any atom is -0.493 e. The Morgan fingerprint density at radius 1 is 0.978 bits per heavy atom. The van der Waals surface area contributed by atoms with Gasteiger partial charge in [-0.2, -0.15) is 0 Å². The Hall–Kier alpha value is -3.94. The maximum Gasteiger partial charge on any atom is 0.252 e. The topological polar surface area (TPSA) is 82.1 Å². The van der Waals surface area contributed by atoms with E-state index in [9.17, 15) is 14.7 Å². The Bertz CT molecular complexity index is 1620. The van der Waals surface area contributed by atoms with Crippen molar-refractivity contribution in [2.45, 2.75) is 84.5 Å². The van der Waals surface area contributed by atoms with E-state index in [1.54, 1.807) is 6.92 Å². The first kappa shape index (κ1) is 32.0. The molecule has 1 saturated carbocycles. The van der Waals surface area contributed by atoms with Crippen molar-refractivity contribution in [2.24, 2.45) is 0 Å². The summed E-state index contributed by atoms with van der Waals surface area (Å²) in [5, 5.41) is 13.4. The minimum atomic E-state index is -0.220. The predicted octanol–water partition coefficient (Wildman–Crippen LogP) is 5.31. The first-order valence-electron chi connectivity index (χ1n) is 16.7. The summed E-state index contributed by atoms with van der Waals surface area (Å²) in [7, 11) is 0. The lowest BCUT2D eigenvalue weighted by atomic mass is 9.82. The Morgan fingerprint density at radius 3 is 2.41 bits per heavy atom. The number of ether oxygens (including phenoxy) is 1. The molecule has 3 aromatic rings. The van der Waals surface area contributed by atoms with E-state index in [-0.39, 0.29) is 36.5 Å². The monoisotopic (exact) mass is 621 g/mol. The van der Waals surface area contributed by atoms with Crippen LogP contribution >= 0.6 is 0 Å². The molecule has 2 atom stereocenters. The summed E-state index contributed by atoms with van der Waals surface area (Å²) in [6.45, 7) is 10.3. The second-order valence-electron chi connectivity index (χ2n) is 13.3. The quantitative estimate of drug-likeness (QED) is 0.304. The molecule has 2 N–H and O–H groups in total. The van der Waals surface area contributed by atoms with Crippen LogP contribution in [0.5, 0.6) is 5.75 Å². The van der Waals surface area contributed by atoms with Crippen LogP contribution in [0.4, 0.5) is 0 Å². The zero-order chi connectivity index (χ0) is 32.4. The van der Waals surface area contributed by atoms with Crippen LogP contribution in [0.15, 0.2) is 66.2 Å². The fourth-order valence-electron chi connectivity index (χ4n) is 7.09. The molecule has 0 radical (unpaired) electrons. The lowest BCUT2D eigenvalue weighted by Crippen LogP contribution is -2.61. The van der Waals surface area contributed by atoms with Gasteiger partial charge in [-0.05, 0) is 97.0 Å². The fraction of sp³-hybridized carbons (Fsp3) is 0.436. The van der Waals surface area contributed by atoms with Crippen molar-refractivity contribution in [3.8, 4) is 5.75 Å². The molecule has 0 spiro atoms. The van der Waals surface area contributed by atoms with E-state index in [1.165, 1.54) is 22.3 Å². The highest BCUT2D eigenvalue weighted by Crippen LogP contribution is 2.37. The smallest absolute Gasteiger partial charge is 0.252 e. The highest BCUT2D eigenvalue weighted by atomic mass is 16.5. The molecule has 6 rings (SSSR count). The van der Waals surface area contributed by atoms with Gasteiger partial charge in [0.15, 0.2) is 0 Å². The van der Waals surface area contributed by atoms with Crippen LogP contribution in [-0.2, 0) is 29.0 Å². The van der Waals surface area contributed by atoms with Crippen molar-refractivity contribution >= 4 is 17.4 Å². The predicted molar refractivity (Wildman–Crippen MR) is 182 cm³/mol. The largest absolute Gasteiger partial charge is 0.493 e. The molecular weight excluding hydrogens is 574 g/mol. The molecular formula is C39H47N3O4. The normalized spacial score (nSPS) is 19.3. The SMILES string of the molecule is CC(=O)N1CC2CC(c3ccc(CCOc4cc(C)cc(C)c4C)cc3)=C(C(=O)N(Cc3ccccc3CCO)C3CC3)C(C1)N2. The number of aliphatic hydroxyl groups excluding tert-OH is 1. The lowest BCUT2D eigenvalue weighted by Gasteiger charge is -2.44. The van der Waals surface area contributed by atoms with Gasteiger partial charge in [0.25, 0.3) is 5.91 Å². The van der Waals surface area contributed by atoms with Crippen LogP contribution in [0.3, 0.4) is 0 Å². The zero-order valence-corrected chi connectivity index (χ0v) is 27.6. The summed E-state index contributed by atoms with van der Waals surface area (Å²) in [6.07, 6.45) is 4.04. The van der Waals surface area contributed by atoms with E-state index in [2.05, 4.69) is 68.6 Å². The van der Waals surface area contributed by atoms with Crippen LogP contribution in [0.2, 0.25) is 0 Å². The van der Waals surface area contributed by atoms with Crippen molar-refractivity contribution in [2.75, 3.05) is 26.3 Å². The summed E-state index contributed by atoms with van der Waals surface area (Å²) < 4.78 is 6.19. The van der Waals surface area contributed by atoms with Crippen molar-refractivity contribution in [1.82, 2.24) is 15.1 Å². The second-order valence-corrected chi connectivity index (χ2v) is 13.3. The van der Waals surface area contributed by atoms with Crippen LogP contribution in [-0.4, -0.2) is 71.1 Å². The number of nitrogens with one attached hydrogen (secondary N) is 1. The highest BCUT2D eigenvalue weighted by molar-refractivity contribution is 6.03. The van der Waals surface area contributed by atoms with Crippen molar-refractivity contribution < 1.29 is 19.4 Å². The molecule has 2 fully saturated rings. The van der Waals surface area contributed by atoms with Crippen molar-refractivity contribution in [1.29, 1.82) is 0 Å². The van der Waals surface area contributed by atoms with Gasteiger partial charge in [0, 0.05) is 57.2 Å². The van der Waals surface area contributed by atoms with E-state index in [0.29, 0.717) is 39.1 Å². The first-order chi connectivity index (χ1) is 22.2. The molecule has 1 saturated heterocycles. The van der Waals surface area contributed by atoms with E-state index < -0.39 is 0 Å². The van der Waals surface area contributed by atoms with Crippen molar-refractivity contribution in [3.05, 3.63) is 105 Å². The Morgan fingerprint density at radius 2 is 1.72 bits per heavy atom. The molecule has 0 aromatic heterocycles. The van der Waals surface area contributed by atoms with Crippen LogP contribution in [0.25, 0.3) is 5.57 Å². The number of hydrogen-bond acceptors (Lipinski definition) is 5. The number of carbonyl (C=O) groups excluding carboxylic acids is 2. The van der Waals surface area contributed by atoms with Gasteiger partial charge in [-0.3, -0.25) is 9.59 Å². The molecule has 7 heteroatoms. The molecule has 3 aliphatic rings. The average Bonchev–Trinajstić information content (AvgIpc) is 3.88.